The maximum Gasteiger partial charge on any atom is 0.252 e. The first kappa shape index (κ1) is 11.4. The zero-order chi connectivity index (χ0) is 13.1. The lowest BCUT2D eigenvalue weighted by atomic mass is 9.92. The van der Waals surface area contributed by atoms with E-state index < -0.39 is 0 Å². The molecule has 0 spiro atoms. The standard InChI is InChI=1S/C16H13BrO2/c1-8-3-4-10-13(7-8)18-16-14(10)11-5-9(2)6-12(17)15(11)19-16/h3-7,14,16H,1-2H3. The van der Waals surface area contributed by atoms with Gasteiger partial charge in [-0.3, -0.25) is 0 Å². The molecule has 0 fully saturated rings. The highest BCUT2D eigenvalue weighted by Crippen LogP contribution is 2.52. The number of halogens is 1. The van der Waals surface area contributed by atoms with Crippen LogP contribution in [0.15, 0.2) is 34.8 Å². The van der Waals surface area contributed by atoms with Crippen molar-refractivity contribution in [2.75, 3.05) is 0 Å². The Morgan fingerprint density at radius 2 is 1.79 bits per heavy atom. The normalized spacial score (nSPS) is 22.3. The van der Waals surface area contributed by atoms with Gasteiger partial charge in [-0.05, 0) is 53.0 Å². The summed E-state index contributed by atoms with van der Waals surface area (Å²) in [5.41, 5.74) is 4.89. The van der Waals surface area contributed by atoms with Gasteiger partial charge in [-0.15, -0.1) is 0 Å². The highest BCUT2D eigenvalue weighted by molar-refractivity contribution is 9.10. The van der Waals surface area contributed by atoms with Gasteiger partial charge in [0, 0.05) is 11.1 Å². The van der Waals surface area contributed by atoms with Crippen LogP contribution in [0.4, 0.5) is 0 Å². The van der Waals surface area contributed by atoms with Crippen molar-refractivity contribution in [3.63, 3.8) is 0 Å². The Morgan fingerprint density at radius 3 is 2.63 bits per heavy atom. The van der Waals surface area contributed by atoms with Crippen LogP contribution in [0.3, 0.4) is 0 Å². The number of benzene rings is 2. The average molecular weight is 317 g/mol. The first-order valence-corrected chi connectivity index (χ1v) is 7.17. The molecule has 0 saturated heterocycles. The molecule has 0 aliphatic carbocycles. The summed E-state index contributed by atoms with van der Waals surface area (Å²) < 4.78 is 12.9. The van der Waals surface area contributed by atoms with Gasteiger partial charge in [-0.2, -0.15) is 0 Å². The Morgan fingerprint density at radius 1 is 0.947 bits per heavy atom. The largest absolute Gasteiger partial charge is 0.454 e. The lowest BCUT2D eigenvalue weighted by Gasteiger charge is -2.09. The second-order valence-electron chi connectivity index (χ2n) is 5.29. The predicted molar refractivity (Wildman–Crippen MR) is 76.9 cm³/mol. The molecule has 0 N–H and O–H groups in total. The molecule has 3 heteroatoms. The third kappa shape index (κ3) is 1.54. The van der Waals surface area contributed by atoms with Crippen molar-refractivity contribution in [1.29, 1.82) is 0 Å². The van der Waals surface area contributed by atoms with Crippen molar-refractivity contribution in [2.45, 2.75) is 26.1 Å². The van der Waals surface area contributed by atoms with Crippen molar-refractivity contribution in [3.8, 4) is 11.5 Å². The molecule has 96 valence electrons. The van der Waals surface area contributed by atoms with Crippen LogP contribution in [0.5, 0.6) is 11.5 Å². The second-order valence-corrected chi connectivity index (χ2v) is 6.14. The summed E-state index contributed by atoms with van der Waals surface area (Å²) >= 11 is 3.58. The molecule has 19 heavy (non-hydrogen) atoms. The Kier molecular flexibility index (Phi) is 2.25. The van der Waals surface area contributed by atoms with E-state index in [1.807, 2.05) is 0 Å². The van der Waals surface area contributed by atoms with Gasteiger partial charge in [0.15, 0.2) is 0 Å². The zero-order valence-electron chi connectivity index (χ0n) is 10.7. The highest BCUT2D eigenvalue weighted by Gasteiger charge is 2.44. The summed E-state index contributed by atoms with van der Waals surface area (Å²) in [6, 6.07) is 10.7. The minimum absolute atomic E-state index is 0.196. The van der Waals surface area contributed by atoms with Crippen LogP contribution >= 0.6 is 15.9 Å². The van der Waals surface area contributed by atoms with Crippen LogP contribution in [0.1, 0.15) is 28.2 Å². The SMILES string of the molecule is Cc1ccc2c(c1)OC1Oc3c(Br)cc(C)cc3C21. The quantitative estimate of drug-likeness (QED) is 0.721. The van der Waals surface area contributed by atoms with Gasteiger partial charge in [0.2, 0.25) is 0 Å². The minimum Gasteiger partial charge on any atom is -0.454 e. The first-order valence-electron chi connectivity index (χ1n) is 6.37. The number of ether oxygens (including phenoxy) is 2. The van der Waals surface area contributed by atoms with Gasteiger partial charge in [0.1, 0.15) is 11.5 Å². The van der Waals surface area contributed by atoms with E-state index in [0.717, 1.165) is 16.0 Å². The van der Waals surface area contributed by atoms with E-state index in [1.165, 1.54) is 22.3 Å². The Bertz CT molecular complexity index is 693. The summed E-state index contributed by atoms with van der Waals surface area (Å²) in [6.45, 7) is 4.18. The van der Waals surface area contributed by atoms with E-state index in [4.69, 9.17) is 9.47 Å². The molecular formula is C16H13BrO2. The molecule has 2 aliphatic heterocycles. The Hall–Kier alpha value is -1.48. The lowest BCUT2D eigenvalue weighted by Crippen LogP contribution is -2.19. The second kappa shape index (κ2) is 3.76. The van der Waals surface area contributed by atoms with Crippen molar-refractivity contribution in [1.82, 2.24) is 0 Å². The summed E-state index contributed by atoms with van der Waals surface area (Å²) in [7, 11) is 0. The minimum atomic E-state index is -0.218. The van der Waals surface area contributed by atoms with E-state index >= 15 is 0 Å². The van der Waals surface area contributed by atoms with Crippen LogP contribution in [-0.4, -0.2) is 6.29 Å². The fraction of sp³-hybridized carbons (Fsp3) is 0.250. The van der Waals surface area contributed by atoms with Gasteiger partial charge in [-0.25, -0.2) is 0 Å². The van der Waals surface area contributed by atoms with Crippen LogP contribution in [0.25, 0.3) is 0 Å². The van der Waals surface area contributed by atoms with Crippen LogP contribution in [0, 0.1) is 13.8 Å². The maximum atomic E-state index is 5.97. The summed E-state index contributed by atoms with van der Waals surface area (Å²) in [5, 5.41) is 0. The monoisotopic (exact) mass is 316 g/mol. The topological polar surface area (TPSA) is 18.5 Å². The zero-order valence-corrected chi connectivity index (χ0v) is 12.3. The molecular weight excluding hydrogens is 304 g/mol. The van der Waals surface area contributed by atoms with Crippen molar-refractivity contribution < 1.29 is 9.47 Å². The molecule has 2 aromatic rings. The molecule has 0 bridgehead atoms. The molecule has 2 heterocycles. The summed E-state index contributed by atoms with van der Waals surface area (Å²) in [4.78, 5) is 0. The van der Waals surface area contributed by atoms with Gasteiger partial charge < -0.3 is 9.47 Å². The summed E-state index contributed by atoms with van der Waals surface area (Å²) in [5.74, 6) is 2.08. The fourth-order valence-corrected chi connectivity index (χ4v) is 3.66. The van der Waals surface area contributed by atoms with Crippen LogP contribution in [-0.2, 0) is 0 Å². The maximum absolute atomic E-state index is 5.97. The van der Waals surface area contributed by atoms with Crippen molar-refractivity contribution in [2.24, 2.45) is 0 Å². The molecule has 2 unspecified atom stereocenters. The molecule has 2 aliphatic rings. The molecule has 0 saturated carbocycles. The average Bonchev–Trinajstić information content (AvgIpc) is 2.85. The molecule has 2 atom stereocenters. The van der Waals surface area contributed by atoms with E-state index in [2.05, 4.69) is 60.1 Å². The molecule has 2 aromatic carbocycles. The van der Waals surface area contributed by atoms with Crippen molar-refractivity contribution >= 4 is 15.9 Å². The lowest BCUT2D eigenvalue weighted by molar-refractivity contribution is 0.0324. The van der Waals surface area contributed by atoms with Gasteiger partial charge in [-0.1, -0.05) is 18.2 Å². The number of aryl methyl sites for hydroxylation is 2. The van der Waals surface area contributed by atoms with E-state index in [-0.39, 0.29) is 12.2 Å². The van der Waals surface area contributed by atoms with Crippen LogP contribution < -0.4 is 9.47 Å². The molecule has 2 nitrogen and oxygen atoms in total. The predicted octanol–water partition coefficient (Wildman–Crippen LogP) is 4.31. The van der Waals surface area contributed by atoms with Gasteiger partial charge in [0.05, 0.1) is 10.4 Å². The Labute approximate surface area is 120 Å². The number of fused-ring (bicyclic) bond motifs is 5. The number of hydrogen-bond donors (Lipinski definition) is 0. The molecule has 0 radical (unpaired) electrons. The summed E-state index contributed by atoms with van der Waals surface area (Å²) in [6.07, 6.45) is -0.218. The molecule has 0 amide bonds. The fourth-order valence-electron chi connectivity index (χ4n) is 2.97. The van der Waals surface area contributed by atoms with E-state index in [0.29, 0.717) is 0 Å². The third-order valence-electron chi connectivity index (χ3n) is 3.81. The third-order valence-corrected chi connectivity index (χ3v) is 4.39. The number of rotatable bonds is 0. The highest BCUT2D eigenvalue weighted by atomic mass is 79.9. The van der Waals surface area contributed by atoms with Crippen LogP contribution in [0.2, 0.25) is 0 Å². The first-order chi connectivity index (χ1) is 9.13. The van der Waals surface area contributed by atoms with Gasteiger partial charge in [0.25, 0.3) is 6.29 Å². The Balaban J connectivity index is 1.91. The molecule has 0 aromatic heterocycles. The van der Waals surface area contributed by atoms with Gasteiger partial charge >= 0.3 is 0 Å². The van der Waals surface area contributed by atoms with E-state index in [1.54, 1.807) is 0 Å². The van der Waals surface area contributed by atoms with E-state index in [9.17, 15) is 0 Å². The smallest absolute Gasteiger partial charge is 0.252 e. The van der Waals surface area contributed by atoms with Crippen molar-refractivity contribution in [3.05, 3.63) is 57.1 Å². The molecule has 4 rings (SSSR count). The number of hydrogen-bond acceptors (Lipinski definition) is 2.